The van der Waals surface area contributed by atoms with Crippen LogP contribution in [0.3, 0.4) is 0 Å². The van der Waals surface area contributed by atoms with Crippen LogP contribution in [0.1, 0.15) is 31.7 Å². The molecule has 0 fully saturated rings. The highest BCUT2D eigenvalue weighted by molar-refractivity contribution is 7.98. The third kappa shape index (κ3) is 16.3. The Labute approximate surface area is 287 Å². The van der Waals surface area contributed by atoms with Gasteiger partial charge in [-0.1, -0.05) is 12.1 Å². The van der Waals surface area contributed by atoms with Crippen LogP contribution in [0.5, 0.6) is 5.75 Å². The zero-order chi connectivity index (χ0) is 37.1. The summed E-state index contributed by atoms with van der Waals surface area (Å²) in [6.07, 6.45) is 0.599. The zero-order valence-electron chi connectivity index (χ0n) is 27.3. The summed E-state index contributed by atoms with van der Waals surface area (Å²) < 4.78 is 0. The standard InChI is InChI=1S/C29H47N9O10S/c1-15(40)23(27(46)37-21(14-39)26(45)36-20(28(47)48)4-3-10-33-29(31)32)38-25(44)19(9-11-49-2)35-22(42)13-34-24(43)18(30)12-16-5-7-17(41)8-6-16/h5-8,15,18-21,23,39-41H,3-4,9-14,30H2,1-2H3,(H,34,43)(H,35,42)(H,36,45)(H,37,46)(H,38,44)(H,47,48)(H4,31,32,33)/t15-,18+,19+,20+,21+,23+/m1/s1. The molecule has 1 rings (SSSR count). The maximum Gasteiger partial charge on any atom is 0.326 e. The molecule has 0 aromatic heterocycles. The molecule has 0 radical (unpaired) electrons. The zero-order valence-corrected chi connectivity index (χ0v) is 28.1. The number of carbonyl (C=O) groups excluding carboxylic acids is 5. The Balaban J connectivity index is 2.84. The number of hydrogen-bond donors (Lipinski definition) is 12. The first kappa shape index (κ1) is 42.4. The van der Waals surface area contributed by atoms with Crippen LogP contribution in [-0.4, -0.2) is 130 Å². The van der Waals surface area contributed by atoms with Crippen molar-refractivity contribution in [2.24, 2.45) is 22.2 Å². The Morgan fingerprint density at radius 2 is 1.49 bits per heavy atom. The first-order valence-electron chi connectivity index (χ1n) is 15.2. The topological polar surface area (TPSA) is 334 Å². The van der Waals surface area contributed by atoms with Gasteiger partial charge in [-0.25, -0.2) is 4.79 Å². The highest BCUT2D eigenvalue weighted by Gasteiger charge is 2.33. The number of phenols is 1. The average Bonchev–Trinajstić information content (AvgIpc) is 3.04. The Morgan fingerprint density at radius 1 is 0.878 bits per heavy atom. The maximum atomic E-state index is 13.2. The SMILES string of the molecule is CSCC[C@H](NC(=O)CNC(=O)[C@@H](N)Cc1ccc(O)cc1)C(=O)N[C@H](C(=O)N[C@@H](CO)C(=O)N[C@@H](CCCN=C(N)N)C(=O)O)[C@@H](C)O. The summed E-state index contributed by atoms with van der Waals surface area (Å²) in [5, 5.41) is 50.4. The quantitative estimate of drug-likeness (QED) is 0.0307. The van der Waals surface area contributed by atoms with Crippen LogP contribution in [0.15, 0.2) is 29.3 Å². The largest absolute Gasteiger partial charge is 0.508 e. The molecule has 0 unspecified atom stereocenters. The van der Waals surface area contributed by atoms with E-state index in [1.165, 1.54) is 30.8 Å². The number of benzene rings is 1. The molecular weight excluding hydrogens is 666 g/mol. The minimum atomic E-state index is -1.66. The number of aliphatic hydroxyl groups excluding tert-OH is 2. The highest BCUT2D eigenvalue weighted by Crippen LogP contribution is 2.11. The second-order valence-corrected chi connectivity index (χ2v) is 11.9. The van der Waals surface area contributed by atoms with Gasteiger partial charge in [-0.15, -0.1) is 0 Å². The van der Waals surface area contributed by atoms with Crippen molar-refractivity contribution in [3.63, 3.8) is 0 Å². The predicted molar refractivity (Wildman–Crippen MR) is 180 cm³/mol. The van der Waals surface area contributed by atoms with Gasteiger partial charge in [0.05, 0.1) is 25.3 Å². The average molecular weight is 714 g/mol. The fourth-order valence-electron chi connectivity index (χ4n) is 4.17. The molecule has 0 spiro atoms. The van der Waals surface area contributed by atoms with Crippen molar-refractivity contribution in [3.05, 3.63) is 29.8 Å². The van der Waals surface area contributed by atoms with E-state index in [0.717, 1.165) is 0 Å². The van der Waals surface area contributed by atoms with Gasteiger partial charge in [0, 0.05) is 6.54 Å². The van der Waals surface area contributed by atoms with E-state index in [2.05, 4.69) is 31.6 Å². The van der Waals surface area contributed by atoms with Gasteiger partial charge in [0.1, 0.15) is 29.9 Å². The molecule has 0 saturated carbocycles. The molecule has 0 aliphatic carbocycles. The highest BCUT2D eigenvalue weighted by atomic mass is 32.2. The number of aliphatic imine (C=N–C) groups is 1. The molecule has 49 heavy (non-hydrogen) atoms. The summed E-state index contributed by atoms with van der Waals surface area (Å²) >= 11 is 1.37. The van der Waals surface area contributed by atoms with Gasteiger partial charge in [-0.3, -0.25) is 29.0 Å². The van der Waals surface area contributed by atoms with Crippen molar-refractivity contribution in [1.29, 1.82) is 0 Å². The van der Waals surface area contributed by atoms with Gasteiger partial charge in [0.15, 0.2) is 5.96 Å². The van der Waals surface area contributed by atoms with Crippen LogP contribution in [0.4, 0.5) is 0 Å². The van der Waals surface area contributed by atoms with E-state index in [1.54, 1.807) is 18.4 Å². The molecule has 15 N–H and O–H groups in total. The molecule has 0 saturated heterocycles. The number of aromatic hydroxyl groups is 1. The molecule has 0 aliphatic rings. The van der Waals surface area contributed by atoms with Crippen LogP contribution in [0.2, 0.25) is 0 Å². The summed E-state index contributed by atoms with van der Waals surface area (Å²) in [5.41, 5.74) is 17.1. The van der Waals surface area contributed by atoms with Gasteiger partial charge in [-0.2, -0.15) is 11.8 Å². The molecule has 274 valence electrons. The fourth-order valence-corrected chi connectivity index (χ4v) is 4.65. The van der Waals surface area contributed by atoms with Crippen molar-refractivity contribution in [3.8, 4) is 5.75 Å². The lowest BCUT2D eigenvalue weighted by atomic mass is 10.1. The maximum absolute atomic E-state index is 13.2. The normalized spacial score (nSPS) is 14.5. The minimum Gasteiger partial charge on any atom is -0.508 e. The number of carboxylic acid groups (broad SMARTS) is 1. The van der Waals surface area contributed by atoms with E-state index in [4.69, 9.17) is 17.2 Å². The Morgan fingerprint density at radius 3 is 2.04 bits per heavy atom. The first-order valence-corrected chi connectivity index (χ1v) is 16.6. The van der Waals surface area contributed by atoms with Crippen molar-refractivity contribution < 1.29 is 49.2 Å². The number of carboxylic acids is 1. The molecule has 5 amide bonds. The number of guanidine groups is 1. The minimum absolute atomic E-state index is 0.0517. The lowest BCUT2D eigenvalue weighted by molar-refractivity contribution is -0.143. The Bertz CT molecular complexity index is 1300. The third-order valence-corrected chi connectivity index (χ3v) is 7.50. The molecular formula is C29H47N9O10S. The van der Waals surface area contributed by atoms with E-state index in [-0.39, 0.29) is 43.9 Å². The van der Waals surface area contributed by atoms with E-state index in [9.17, 15) is 49.2 Å². The summed E-state index contributed by atoms with van der Waals surface area (Å²) in [5.74, 6) is -5.49. The summed E-state index contributed by atoms with van der Waals surface area (Å²) in [7, 11) is 0. The van der Waals surface area contributed by atoms with Crippen LogP contribution >= 0.6 is 11.8 Å². The van der Waals surface area contributed by atoms with Gasteiger partial charge >= 0.3 is 5.97 Å². The number of amides is 5. The van der Waals surface area contributed by atoms with Crippen LogP contribution in [0.25, 0.3) is 0 Å². The second kappa shape index (κ2) is 22.1. The van der Waals surface area contributed by atoms with Crippen molar-refractivity contribution >= 4 is 53.2 Å². The Hall–Kier alpha value is -4.66. The number of phenolic OH excluding ortho intramolecular Hbond substituents is 1. The van der Waals surface area contributed by atoms with Crippen molar-refractivity contribution in [2.45, 2.75) is 68.9 Å². The second-order valence-electron chi connectivity index (χ2n) is 10.9. The van der Waals surface area contributed by atoms with Crippen LogP contribution < -0.4 is 43.8 Å². The molecule has 0 bridgehead atoms. The van der Waals surface area contributed by atoms with Crippen LogP contribution in [-0.2, 0) is 35.2 Å². The Kier molecular flexibility index (Phi) is 19.1. The van der Waals surface area contributed by atoms with Crippen LogP contribution in [0, 0.1) is 0 Å². The molecule has 20 heteroatoms. The van der Waals surface area contributed by atoms with Gasteiger partial charge < -0.3 is 64.2 Å². The predicted octanol–water partition coefficient (Wildman–Crippen LogP) is -4.42. The molecule has 0 aliphatic heterocycles. The van der Waals surface area contributed by atoms with Crippen molar-refractivity contribution in [1.82, 2.24) is 26.6 Å². The number of nitrogens with two attached hydrogens (primary N) is 3. The first-order chi connectivity index (χ1) is 23.1. The lowest BCUT2D eigenvalue weighted by Gasteiger charge is -2.26. The van der Waals surface area contributed by atoms with E-state index >= 15 is 0 Å². The molecule has 0 heterocycles. The summed E-state index contributed by atoms with van der Waals surface area (Å²) in [4.78, 5) is 79.4. The molecule has 19 nitrogen and oxygen atoms in total. The number of aliphatic hydroxyl groups is 2. The monoisotopic (exact) mass is 713 g/mol. The number of thioether (sulfide) groups is 1. The number of nitrogens with one attached hydrogen (secondary N) is 5. The van der Waals surface area contributed by atoms with E-state index < -0.39 is 85.0 Å². The van der Waals surface area contributed by atoms with Crippen molar-refractivity contribution in [2.75, 3.05) is 31.7 Å². The summed E-state index contributed by atoms with van der Waals surface area (Å²) in [6, 6.07) is -0.841. The van der Waals surface area contributed by atoms with Gasteiger partial charge in [0.2, 0.25) is 29.5 Å². The molecule has 1 aromatic carbocycles. The smallest absolute Gasteiger partial charge is 0.326 e. The number of rotatable bonds is 22. The van der Waals surface area contributed by atoms with Gasteiger partial charge in [-0.05, 0) is 62.3 Å². The number of nitrogens with zero attached hydrogens (tertiary/aromatic N) is 1. The molecule has 1 aromatic rings. The van der Waals surface area contributed by atoms with E-state index in [0.29, 0.717) is 11.3 Å². The summed E-state index contributed by atoms with van der Waals surface area (Å²) in [6.45, 7) is -0.192. The number of hydrogen-bond acceptors (Lipinski definition) is 12. The molecule has 6 atom stereocenters. The van der Waals surface area contributed by atoms with E-state index in [1.807, 2.05) is 0 Å². The number of carbonyl (C=O) groups is 6. The third-order valence-electron chi connectivity index (χ3n) is 6.85. The fraction of sp³-hybridized carbons (Fsp3) is 0.552. The lowest BCUT2D eigenvalue weighted by Crippen LogP contribution is -2.61. The number of aliphatic carboxylic acids is 1. The van der Waals surface area contributed by atoms with Gasteiger partial charge in [0.25, 0.3) is 0 Å².